The summed E-state index contributed by atoms with van der Waals surface area (Å²) in [6, 6.07) is 0. The van der Waals surface area contributed by atoms with Crippen LogP contribution in [0.15, 0.2) is 21.3 Å². The number of carbonyl (C=O) groups is 2. The van der Waals surface area contributed by atoms with Crippen molar-refractivity contribution in [3.8, 4) is 0 Å². The Balaban J connectivity index is 2.95. The highest BCUT2D eigenvalue weighted by atomic mass is 35.5. The fourth-order valence-corrected chi connectivity index (χ4v) is 0.473. The van der Waals surface area contributed by atoms with Gasteiger partial charge >= 0.3 is 5.91 Å². The zero-order chi connectivity index (χ0) is 6.85. The molecule has 1 rings (SSSR count). The van der Waals surface area contributed by atoms with E-state index in [1.54, 1.807) is 0 Å². The van der Waals surface area contributed by atoms with Crippen molar-refractivity contribution < 1.29 is 9.59 Å². The predicted molar refractivity (Wildman–Crippen MR) is 28.8 cm³/mol. The molecular formula is C4HClN2O2. The Morgan fingerprint density at radius 3 is 2.44 bits per heavy atom. The van der Waals surface area contributed by atoms with E-state index in [-0.39, 0.29) is 5.03 Å². The van der Waals surface area contributed by atoms with Crippen LogP contribution in [0.1, 0.15) is 0 Å². The first-order valence-electron chi connectivity index (χ1n) is 2.07. The second-order valence-corrected chi connectivity index (χ2v) is 1.74. The van der Waals surface area contributed by atoms with Gasteiger partial charge in [-0.3, -0.25) is 9.59 Å². The highest BCUT2D eigenvalue weighted by molar-refractivity contribution is 6.44. The molecule has 0 N–H and O–H groups in total. The van der Waals surface area contributed by atoms with Gasteiger partial charge in [-0.25, -0.2) is 0 Å². The summed E-state index contributed by atoms with van der Waals surface area (Å²) in [6.07, 6.45) is 0.927. The largest absolute Gasteiger partial charge is 0.307 e. The van der Waals surface area contributed by atoms with Crippen molar-refractivity contribution in [1.82, 2.24) is 0 Å². The summed E-state index contributed by atoms with van der Waals surface area (Å²) >= 11 is 5.20. The van der Waals surface area contributed by atoms with E-state index in [1.807, 2.05) is 0 Å². The summed E-state index contributed by atoms with van der Waals surface area (Å²) in [6.45, 7) is 0. The molecule has 4 nitrogen and oxygen atoms in total. The average molecular weight is 145 g/mol. The average Bonchev–Trinajstić information content (AvgIpc) is 1.80. The molecule has 0 unspecified atom stereocenters. The van der Waals surface area contributed by atoms with Crippen LogP contribution in [0.3, 0.4) is 0 Å². The standard InChI is InChI=1S/C4HClN2O2/c5-2-1-3(8)6-7-4(2)9/h1H. The Morgan fingerprint density at radius 1 is 1.33 bits per heavy atom. The zero-order valence-electron chi connectivity index (χ0n) is 4.17. The molecule has 2 amide bonds. The van der Waals surface area contributed by atoms with Crippen molar-refractivity contribution in [2.24, 2.45) is 10.2 Å². The van der Waals surface area contributed by atoms with Crippen molar-refractivity contribution >= 4 is 23.4 Å². The van der Waals surface area contributed by atoms with Gasteiger partial charge in [-0.1, -0.05) is 11.6 Å². The molecule has 9 heavy (non-hydrogen) atoms. The molecule has 1 aliphatic heterocycles. The molecule has 0 aliphatic carbocycles. The van der Waals surface area contributed by atoms with Gasteiger partial charge in [0.15, 0.2) is 0 Å². The number of hydrogen-bond acceptors (Lipinski definition) is 2. The summed E-state index contributed by atoms with van der Waals surface area (Å²) in [5, 5.41) is 5.68. The Hall–Kier alpha value is -1.03. The Labute approximate surface area is 55.2 Å². The molecule has 0 fully saturated rings. The molecule has 5 heteroatoms. The van der Waals surface area contributed by atoms with E-state index >= 15 is 0 Å². The normalized spacial score (nSPS) is 18.1. The van der Waals surface area contributed by atoms with Gasteiger partial charge < -0.3 is 0 Å². The second kappa shape index (κ2) is 2.06. The molecule has 0 atom stereocenters. The van der Waals surface area contributed by atoms with Crippen LogP contribution in [0.2, 0.25) is 0 Å². The van der Waals surface area contributed by atoms with E-state index in [9.17, 15) is 9.59 Å². The quantitative estimate of drug-likeness (QED) is 0.501. The number of nitrogens with zero attached hydrogens (tertiary/aromatic N) is 2. The maximum Gasteiger partial charge on any atom is 0.307 e. The fourth-order valence-electron chi connectivity index (χ4n) is 0.341. The van der Waals surface area contributed by atoms with E-state index in [0.717, 1.165) is 6.08 Å². The highest BCUT2D eigenvalue weighted by Gasteiger charge is 2.12. The van der Waals surface area contributed by atoms with Gasteiger partial charge in [0.05, 0.1) is 0 Å². The Bertz CT molecular complexity index is 231. The van der Waals surface area contributed by atoms with Gasteiger partial charge in [0.2, 0.25) is 0 Å². The van der Waals surface area contributed by atoms with Gasteiger partial charge in [0.1, 0.15) is 5.03 Å². The van der Waals surface area contributed by atoms with Crippen molar-refractivity contribution in [2.75, 3.05) is 0 Å². The topological polar surface area (TPSA) is 58.9 Å². The van der Waals surface area contributed by atoms with E-state index < -0.39 is 11.8 Å². The number of rotatable bonds is 0. The molecule has 0 aromatic carbocycles. The lowest BCUT2D eigenvalue weighted by atomic mass is 10.4. The van der Waals surface area contributed by atoms with Crippen molar-refractivity contribution in [1.29, 1.82) is 0 Å². The minimum atomic E-state index is -0.670. The smallest absolute Gasteiger partial charge is 0.266 e. The molecule has 0 spiro atoms. The van der Waals surface area contributed by atoms with Crippen LogP contribution >= 0.6 is 11.6 Å². The van der Waals surface area contributed by atoms with Crippen molar-refractivity contribution in [3.63, 3.8) is 0 Å². The van der Waals surface area contributed by atoms with Crippen molar-refractivity contribution in [3.05, 3.63) is 11.1 Å². The molecular weight excluding hydrogens is 144 g/mol. The number of halogens is 1. The minimum Gasteiger partial charge on any atom is -0.266 e. The first-order valence-corrected chi connectivity index (χ1v) is 2.45. The van der Waals surface area contributed by atoms with Crippen LogP contribution in [0.4, 0.5) is 0 Å². The van der Waals surface area contributed by atoms with Gasteiger partial charge in [-0.05, 0) is 0 Å². The van der Waals surface area contributed by atoms with Gasteiger partial charge in [-0.15, -0.1) is 10.2 Å². The van der Waals surface area contributed by atoms with E-state index in [4.69, 9.17) is 11.6 Å². The Kier molecular flexibility index (Phi) is 1.40. The molecule has 0 saturated heterocycles. The second-order valence-electron chi connectivity index (χ2n) is 1.34. The lowest BCUT2D eigenvalue weighted by Gasteiger charge is -1.92. The molecule has 0 aromatic heterocycles. The Morgan fingerprint density at radius 2 is 2.00 bits per heavy atom. The monoisotopic (exact) mass is 144 g/mol. The number of carbonyl (C=O) groups excluding carboxylic acids is 2. The SMILES string of the molecule is O=C1C=C(Cl)C(=O)N=N1. The third kappa shape index (κ3) is 1.20. The third-order valence-electron chi connectivity index (χ3n) is 0.694. The molecule has 0 aromatic rings. The first kappa shape index (κ1) is 6.10. The lowest BCUT2D eigenvalue weighted by molar-refractivity contribution is -0.119. The molecule has 1 aliphatic rings. The summed E-state index contributed by atoms with van der Waals surface area (Å²) in [4.78, 5) is 20.6. The predicted octanol–water partition coefficient (Wildman–Crippen LogP) is 0.628. The lowest BCUT2D eigenvalue weighted by Crippen LogP contribution is -2.01. The van der Waals surface area contributed by atoms with Gasteiger partial charge in [0, 0.05) is 6.08 Å². The molecule has 0 radical (unpaired) electrons. The van der Waals surface area contributed by atoms with Crippen LogP contribution in [-0.2, 0) is 9.59 Å². The molecule has 1 heterocycles. The third-order valence-corrected chi connectivity index (χ3v) is 0.965. The van der Waals surface area contributed by atoms with Crippen LogP contribution in [0.5, 0.6) is 0 Å². The van der Waals surface area contributed by atoms with Crippen LogP contribution in [0.25, 0.3) is 0 Å². The van der Waals surface area contributed by atoms with E-state index in [1.165, 1.54) is 0 Å². The first-order chi connectivity index (χ1) is 4.20. The number of azo groups is 1. The van der Waals surface area contributed by atoms with E-state index in [0.29, 0.717) is 0 Å². The number of amides is 2. The van der Waals surface area contributed by atoms with Crippen molar-refractivity contribution in [2.45, 2.75) is 0 Å². The maximum absolute atomic E-state index is 10.3. The minimum absolute atomic E-state index is 0.185. The molecule has 46 valence electrons. The maximum atomic E-state index is 10.3. The van der Waals surface area contributed by atoms with Gasteiger partial charge in [0.25, 0.3) is 5.91 Å². The van der Waals surface area contributed by atoms with Crippen LogP contribution < -0.4 is 0 Å². The zero-order valence-corrected chi connectivity index (χ0v) is 4.92. The van der Waals surface area contributed by atoms with Crippen LogP contribution in [-0.4, -0.2) is 11.8 Å². The fraction of sp³-hybridized carbons (Fsp3) is 0. The van der Waals surface area contributed by atoms with Crippen LogP contribution in [0, 0.1) is 0 Å². The van der Waals surface area contributed by atoms with E-state index in [2.05, 4.69) is 10.2 Å². The van der Waals surface area contributed by atoms with Gasteiger partial charge in [-0.2, -0.15) is 0 Å². The molecule has 0 bridgehead atoms. The molecule has 0 saturated carbocycles. The summed E-state index contributed by atoms with van der Waals surface area (Å²) in [5.74, 6) is -1.27. The number of hydrogen-bond donors (Lipinski definition) is 0. The summed E-state index contributed by atoms with van der Waals surface area (Å²) in [5.41, 5.74) is 0. The summed E-state index contributed by atoms with van der Waals surface area (Å²) < 4.78 is 0. The summed E-state index contributed by atoms with van der Waals surface area (Å²) in [7, 11) is 0. The highest BCUT2D eigenvalue weighted by Crippen LogP contribution is 2.08.